The predicted molar refractivity (Wildman–Crippen MR) is 408 cm³/mol. The SMILES string of the molecule is CC/C=C\C/C=C\C/C=C\C/C=C\C/C=C\C/C=C\C/C=C\C/C=C\C/C=C\CCCCCCCCCCCCCCCC(=O)OC(CO)COC(=O)CCCCCCCCCCCCCCCCCCCCCCCCCCC/C=C\CCCCCCCCCC. The van der Waals surface area contributed by atoms with Crippen LogP contribution in [-0.2, 0) is 19.1 Å². The van der Waals surface area contributed by atoms with Crippen molar-refractivity contribution in [3.63, 3.8) is 0 Å². The number of ether oxygens (including phenoxy) is 2. The van der Waals surface area contributed by atoms with Crippen LogP contribution >= 0.6 is 0 Å². The van der Waals surface area contributed by atoms with Gasteiger partial charge in [0.2, 0.25) is 0 Å². The number of hydrogen-bond donors (Lipinski definition) is 1. The average Bonchev–Trinajstić information content (AvgIpc) is 3.64. The van der Waals surface area contributed by atoms with E-state index in [1.54, 1.807) is 0 Å². The monoisotopic (exact) mass is 1280 g/mol. The minimum Gasteiger partial charge on any atom is -0.462 e. The van der Waals surface area contributed by atoms with E-state index in [2.05, 4.69) is 135 Å². The highest BCUT2D eigenvalue weighted by Gasteiger charge is 2.16. The average molecular weight is 1280 g/mol. The van der Waals surface area contributed by atoms with Crippen molar-refractivity contribution in [2.24, 2.45) is 0 Å². The van der Waals surface area contributed by atoms with Crippen molar-refractivity contribution in [1.82, 2.24) is 0 Å². The molecule has 0 aromatic heterocycles. The van der Waals surface area contributed by atoms with E-state index in [4.69, 9.17) is 9.47 Å². The van der Waals surface area contributed by atoms with Gasteiger partial charge >= 0.3 is 11.9 Å². The van der Waals surface area contributed by atoms with E-state index in [0.717, 1.165) is 96.3 Å². The van der Waals surface area contributed by atoms with Gasteiger partial charge in [0, 0.05) is 12.8 Å². The number of carbonyl (C=O) groups excluding carboxylic acids is 2. The van der Waals surface area contributed by atoms with E-state index < -0.39 is 6.10 Å². The molecule has 0 saturated carbocycles. The van der Waals surface area contributed by atoms with E-state index in [1.165, 1.54) is 276 Å². The molecular weight excluding hydrogens is 1120 g/mol. The number of unbranched alkanes of at least 4 members (excludes halogenated alkanes) is 46. The molecule has 0 rings (SSSR count). The second-order valence-electron chi connectivity index (χ2n) is 26.8. The van der Waals surface area contributed by atoms with Gasteiger partial charge in [-0.05, 0) is 109 Å². The molecule has 0 heterocycles. The Balaban J connectivity index is 3.45. The van der Waals surface area contributed by atoms with Crippen LogP contribution in [0.4, 0.5) is 0 Å². The molecule has 0 fully saturated rings. The van der Waals surface area contributed by atoms with Crippen LogP contribution in [0.1, 0.15) is 399 Å². The van der Waals surface area contributed by atoms with Gasteiger partial charge in [0.15, 0.2) is 6.10 Å². The Bertz CT molecular complexity index is 1790. The minimum absolute atomic E-state index is 0.0663. The maximum Gasteiger partial charge on any atom is 0.306 e. The van der Waals surface area contributed by atoms with Crippen molar-refractivity contribution < 1.29 is 24.2 Å². The van der Waals surface area contributed by atoms with E-state index in [9.17, 15) is 14.7 Å². The van der Waals surface area contributed by atoms with Crippen molar-refractivity contribution >= 4 is 11.9 Å². The van der Waals surface area contributed by atoms with Gasteiger partial charge in [0.25, 0.3) is 0 Å². The molecule has 5 nitrogen and oxygen atoms in total. The third kappa shape index (κ3) is 78.7. The third-order valence-corrected chi connectivity index (χ3v) is 17.7. The summed E-state index contributed by atoms with van der Waals surface area (Å²) in [6.45, 7) is 4.07. The zero-order valence-electron chi connectivity index (χ0n) is 61.0. The number of esters is 2. The van der Waals surface area contributed by atoms with Crippen LogP contribution in [0.2, 0.25) is 0 Å². The Morgan fingerprint density at radius 3 is 0.717 bits per heavy atom. The maximum absolute atomic E-state index is 12.4. The zero-order chi connectivity index (χ0) is 66.1. The maximum atomic E-state index is 12.4. The Hall–Kier alpha value is -3.70. The predicted octanol–water partition coefficient (Wildman–Crippen LogP) is 28.4. The molecule has 92 heavy (non-hydrogen) atoms. The summed E-state index contributed by atoms with van der Waals surface area (Å²) in [6, 6.07) is 0. The zero-order valence-corrected chi connectivity index (χ0v) is 61.0. The van der Waals surface area contributed by atoms with Crippen LogP contribution in [0.5, 0.6) is 0 Å². The van der Waals surface area contributed by atoms with Crippen LogP contribution in [-0.4, -0.2) is 36.4 Å². The van der Waals surface area contributed by atoms with Gasteiger partial charge in [-0.3, -0.25) is 9.59 Å². The van der Waals surface area contributed by atoms with Gasteiger partial charge in [-0.2, -0.15) is 0 Å². The molecule has 0 aromatic rings. The van der Waals surface area contributed by atoms with Crippen molar-refractivity contribution in [3.8, 4) is 0 Å². The standard InChI is InChI=1S/C87H152O5/c1-3-5-7-9-11-13-15-17-19-21-23-25-27-29-31-33-35-37-39-41-42-43-44-46-48-50-52-54-56-58-60-62-64-66-68-70-72-74-76-78-80-82-87(90)92-85(83-88)84-91-86(89)81-79-77-75-73-71-69-67-65-63-61-59-57-55-53-51-49-47-45-40-38-36-34-32-30-28-26-24-22-20-18-16-14-12-10-8-6-4-2/h5,7,11,13,17,19,22-25,29,31,35,37,41-42,44,46,50,52,85,88H,3-4,6,8-10,12,14-16,18,20-21,26-28,30,32-34,36,38-40,43,45,47-49,51,53-84H2,1-2H3/b7-5-,13-11-,19-17-,24-22-,25-23-,31-29-,37-35-,42-41-,46-44-,52-50-. The fourth-order valence-electron chi connectivity index (χ4n) is 11.8. The Morgan fingerprint density at radius 1 is 0.261 bits per heavy atom. The number of carbonyl (C=O) groups is 2. The summed E-state index contributed by atoms with van der Waals surface area (Å²) in [5, 5.41) is 9.73. The number of allylic oxidation sites excluding steroid dienone is 20. The molecule has 0 aromatic carbocycles. The minimum atomic E-state index is -0.779. The summed E-state index contributed by atoms with van der Waals surface area (Å²) < 4.78 is 10.8. The van der Waals surface area contributed by atoms with Gasteiger partial charge in [0.1, 0.15) is 6.61 Å². The molecule has 0 aliphatic heterocycles. The highest BCUT2D eigenvalue weighted by molar-refractivity contribution is 5.70. The van der Waals surface area contributed by atoms with Crippen LogP contribution in [0.15, 0.2) is 122 Å². The van der Waals surface area contributed by atoms with Crippen LogP contribution in [0, 0.1) is 0 Å². The Labute approximate surface area is 573 Å². The van der Waals surface area contributed by atoms with Crippen molar-refractivity contribution in [2.45, 2.75) is 405 Å². The summed E-state index contributed by atoms with van der Waals surface area (Å²) in [5.74, 6) is -0.578. The summed E-state index contributed by atoms with van der Waals surface area (Å²) in [4.78, 5) is 24.7. The van der Waals surface area contributed by atoms with Gasteiger partial charge in [-0.25, -0.2) is 0 Å². The quantitative estimate of drug-likeness (QED) is 0.0373. The number of hydrogen-bond acceptors (Lipinski definition) is 5. The van der Waals surface area contributed by atoms with Gasteiger partial charge in [-0.15, -0.1) is 0 Å². The lowest BCUT2D eigenvalue weighted by atomic mass is 10.0. The molecule has 1 atom stereocenters. The van der Waals surface area contributed by atoms with Gasteiger partial charge in [0.05, 0.1) is 6.61 Å². The molecule has 0 spiro atoms. The fourth-order valence-corrected chi connectivity index (χ4v) is 11.8. The second-order valence-corrected chi connectivity index (χ2v) is 26.8. The van der Waals surface area contributed by atoms with E-state index in [-0.39, 0.29) is 25.2 Å². The smallest absolute Gasteiger partial charge is 0.306 e. The second kappa shape index (κ2) is 81.5. The highest BCUT2D eigenvalue weighted by atomic mass is 16.6. The van der Waals surface area contributed by atoms with Crippen LogP contribution < -0.4 is 0 Å². The summed E-state index contributed by atoms with van der Waals surface area (Å²) >= 11 is 0. The first kappa shape index (κ1) is 88.3. The molecule has 530 valence electrons. The van der Waals surface area contributed by atoms with E-state index >= 15 is 0 Å². The van der Waals surface area contributed by atoms with E-state index in [1.807, 2.05) is 0 Å². The molecule has 0 radical (unpaired) electrons. The van der Waals surface area contributed by atoms with Crippen molar-refractivity contribution in [3.05, 3.63) is 122 Å². The molecule has 0 amide bonds. The molecule has 1 unspecified atom stereocenters. The number of aliphatic hydroxyl groups excluding tert-OH is 1. The molecule has 0 bridgehead atoms. The third-order valence-electron chi connectivity index (χ3n) is 17.7. The van der Waals surface area contributed by atoms with Crippen LogP contribution in [0.3, 0.4) is 0 Å². The molecule has 0 aliphatic rings. The topological polar surface area (TPSA) is 72.8 Å². The number of rotatable bonds is 74. The number of aliphatic hydroxyl groups is 1. The largest absolute Gasteiger partial charge is 0.462 e. The van der Waals surface area contributed by atoms with E-state index in [0.29, 0.717) is 12.8 Å². The first-order valence-electron chi connectivity index (χ1n) is 40.1. The Kier molecular flexibility index (Phi) is 78.3. The molecule has 1 N–H and O–H groups in total. The van der Waals surface area contributed by atoms with Gasteiger partial charge < -0.3 is 14.6 Å². The molecule has 5 heteroatoms. The normalized spacial score (nSPS) is 12.9. The lowest BCUT2D eigenvalue weighted by Crippen LogP contribution is -2.28. The molecule has 0 aliphatic carbocycles. The summed E-state index contributed by atoms with van der Waals surface area (Å²) in [5.41, 5.74) is 0. The lowest BCUT2D eigenvalue weighted by molar-refractivity contribution is -0.161. The van der Waals surface area contributed by atoms with Crippen LogP contribution in [0.25, 0.3) is 0 Å². The fraction of sp³-hybridized carbons (Fsp3) is 0.747. The molecule has 0 saturated heterocycles. The van der Waals surface area contributed by atoms with Crippen molar-refractivity contribution in [1.29, 1.82) is 0 Å². The van der Waals surface area contributed by atoms with Gasteiger partial charge in [-0.1, -0.05) is 399 Å². The summed E-state index contributed by atoms with van der Waals surface area (Å²) in [6.07, 6.45) is 120. The molecular formula is C87H152O5. The first-order chi connectivity index (χ1) is 45.6. The Morgan fingerprint density at radius 2 is 0.467 bits per heavy atom. The lowest BCUT2D eigenvalue weighted by Gasteiger charge is -2.15. The highest BCUT2D eigenvalue weighted by Crippen LogP contribution is 2.19. The summed E-state index contributed by atoms with van der Waals surface area (Å²) in [7, 11) is 0. The van der Waals surface area contributed by atoms with Crippen molar-refractivity contribution in [2.75, 3.05) is 13.2 Å². The first-order valence-corrected chi connectivity index (χ1v) is 40.1.